The second-order valence-corrected chi connectivity index (χ2v) is 5.98. The van der Waals surface area contributed by atoms with Crippen molar-refractivity contribution in [2.24, 2.45) is 0 Å². The molecule has 0 bridgehead atoms. The molecule has 0 saturated heterocycles. The maximum Gasteiger partial charge on any atom is 0.240 e. The maximum atomic E-state index is 13.4. The Labute approximate surface area is 116 Å². The molecule has 0 aliphatic heterocycles. The van der Waals surface area contributed by atoms with Crippen molar-refractivity contribution in [1.29, 1.82) is 0 Å². The minimum atomic E-state index is -3.76. The number of aromatic nitrogens is 2. The highest BCUT2D eigenvalue weighted by Gasteiger charge is 2.18. The Balaban J connectivity index is 2.06. The lowest BCUT2D eigenvalue weighted by Crippen LogP contribution is -2.27. The molecule has 0 spiro atoms. The van der Waals surface area contributed by atoms with Crippen molar-refractivity contribution >= 4 is 10.0 Å². The predicted octanol–water partition coefficient (Wildman–Crippen LogP) is 1.35. The first-order valence-corrected chi connectivity index (χ1v) is 7.42. The number of aryl methyl sites for hydroxylation is 1. The highest BCUT2D eigenvalue weighted by Crippen LogP contribution is 2.17. The Morgan fingerprint density at radius 1 is 1.35 bits per heavy atom. The number of benzene rings is 1. The number of rotatable bonds is 5. The third kappa shape index (κ3) is 3.20. The van der Waals surface area contributed by atoms with Gasteiger partial charge in [0.2, 0.25) is 15.9 Å². The molecule has 0 aliphatic carbocycles. The van der Waals surface area contributed by atoms with Crippen LogP contribution in [0, 0.1) is 19.7 Å². The topological polar surface area (TPSA) is 85.1 Å². The number of hydrogen-bond donors (Lipinski definition) is 1. The third-order valence-electron chi connectivity index (χ3n) is 2.71. The molecule has 0 amide bonds. The van der Waals surface area contributed by atoms with Crippen molar-refractivity contribution in [3.05, 3.63) is 41.3 Å². The van der Waals surface area contributed by atoms with Crippen LogP contribution in [0.2, 0.25) is 0 Å². The van der Waals surface area contributed by atoms with Crippen LogP contribution in [-0.4, -0.2) is 25.1 Å². The zero-order chi connectivity index (χ0) is 14.8. The van der Waals surface area contributed by atoms with E-state index in [4.69, 9.17) is 4.52 Å². The first-order chi connectivity index (χ1) is 9.40. The Kier molecular flexibility index (Phi) is 4.15. The summed E-state index contributed by atoms with van der Waals surface area (Å²) < 4.78 is 44.7. The molecular weight excluding hydrogens is 285 g/mol. The van der Waals surface area contributed by atoms with Crippen LogP contribution in [-0.2, 0) is 16.4 Å². The average Bonchev–Trinajstić information content (AvgIpc) is 2.78. The number of sulfonamides is 1. The summed E-state index contributed by atoms with van der Waals surface area (Å²) in [4.78, 5) is 3.89. The normalized spacial score (nSPS) is 11.8. The van der Waals surface area contributed by atoms with Crippen molar-refractivity contribution in [3.8, 4) is 0 Å². The van der Waals surface area contributed by atoms with Crippen LogP contribution in [0.5, 0.6) is 0 Å². The van der Waals surface area contributed by atoms with Crippen molar-refractivity contribution in [3.63, 3.8) is 0 Å². The largest absolute Gasteiger partial charge is 0.339 e. The van der Waals surface area contributed by atoms with E-state index in [0.29, 0.717) is 11.7 Å². The summed E-state index contributed by atoms with van der Waals surface area (Å²) in [6.07, 6.45) is 0.272. The lowest BCUT2D eigenvalue weighted by atomic mass is 10.2. The molecule has 0 saturated carbocycles. The fraction of sp³-hybridized carbons (Fsp3) is 0.333. The lowest BCUT2D eigenvalue weighted by Gasteiger charge is -2.08. The number of hydrogen-bond acceptors (Lipinski definition) is 5. The van der Waals surface area contributed by atoms with Crippen molar-refractivity contribution in [2.75, 3.05) is 6.54 Å². The summed E-state index contributed by atoms with van der Waals surface area (Å²) in [7, 11) is -3.76. The van der Waals surface area contributed by atoms with Crippen LogP contribution in [0.25, 0.3) is 0 Å². The maximum absolute atomic E-state index is 13.4. The Bertz CT molecular complexity index is 712. The van der Waals surface area contributed by atoms with Gasteiger partial charge in [-0.1, -0.05) is 11.2 Å². The van der Waals surface area contributed by atoms with Crippen LogP contribution in [0.3, 0.4) is 0 Å². The zero-order valence-corrected chi connectivity index (χ0v) is 11.9. The molecule has 1 aromatic heterocycles. The van der Waals surface area contributed by atoms with Crippen LogP contribution in [0.1, 0.15) is 17.3 Å². The van der Waals surface area contributed by atoms with Crippen LogP contribution in [0.4, 0.5) is 4.39 Å². The van der Waals surface area contributed by atoms with Crippen molar-refractivity contribution in [2.45, 2.75) is 25.2 Å². The molecule has 0 fully saturated rings. The standard InChI is InChI=1S/C12H14FN3O3S/c1-8-10(13)4-3-5-11(8)20(17,18)14-7-6-12-15-9(2)16-19-12/h3-5,14H,6-7H2,1-2H3. The van der Waals surface area contributed by atoms with Gasteiger partial charge in [-0.15, -0.1) is 0 Å². The molecule has 8 heteroatoms. The fourth-order valence-electron chi connectivity index (χ4n) is 1.69. The summed E-state index contributed by atoms with van der Waals surface area (Å²) in [5.41, 5.74) is 0.0913. The lowest BCUT2D eigenvalue weighted by molar-refractivity contribution is 0.375. The Morgan fingerprint density at radius 3 is 2.75 bits per heavy atom. The van der Waals surface area contributed by atoms with E-state index in [1.54, 1.807) is 6.92 Å². The highest BCUT2D eigenvalue weighted by atomic mass is 32.2. The molecule has 20 heavy (non-hydrogen) atoms. The first kappa shape index (κ1) is 14.6. The van der Waals surface area contributed by atoms with Gasteiger partial charge < -0.3 is 4.52 Å². The minimum absolute atomic E-state index is 0.0702. The average molecular weight is 299 g/mol. The highest BCUT2D eigenvalue weighted by molar-refractivity contribution is 7.89. The van der Waals surface area contributed by atoms with E-state index in [2.05, 4.69) is 14.9 Å². The number of nitrogens with one attached hydrogen (secondary N) is 1. The number of halogens is 1. The summed E-state index contributed by atoms with van der Waals surface area (Å²) in [6, 6.07) is 3.94. The minimum Gasteiger partial charge on any atom is -0.339 e. The SMILES string of the molecule is Cc1noc(CCNS(=O)(=O)c2cccc(F)c2C)n1. The van der Waals surface area contributed by atoms with Gasteiger partial charge in [-0.3, -0.25) is 0 Å². The van der Waals surface area contributed by atoms with E-state index in [9.17, 15) is 12.8 Å². The second kappa shape index (κ2) is 5.68. The van der Waals surface area contributed by atoms with Gasteiger partial charge in [-0.25, -0.2) is 17.5 Å². The quantitative estimate of drug-likeness (QED) is 0.900. The van der Waals surface area contributed by atoms with E-state index >= 15 is 0 Å². The molecule has 2 aromatic rings. The van der Waals surface area contributed by atoms with E-state index < -0.39 is 15.8 Å². The van der Waals surface area contributed by atoms with Gasteiger partial charge in [0.05, 0.1) is 4.90 Å². The van der Waals surface area contributed by atoms with Crippen LogP contribution < -0.4 is 4.72 Å². The zero-order valence-electron chi connectivity index (χ0n) is 11.1. The smallest absolute Gasteiger partial charge is 0.240 e. The molecule has 0 radical (unpaired) electrons. The van der Waals surface area contributed by atoms with Gasteiger partial charge >= 0.3 is 0 Å². The fourth-order valence-corrected chi connectivity index (χ4v) is 2.98. The Hall–Kier alpha value is -1.80. The van der Waals surface area contributed by atoms with Crippen molar-refractivity contribution < 1.29 is 17.3 Å². The van der Waals surface area contributed by atoms with E-state index in [0.717, 1.165) is 0 Å². The first-order valence-electron chi connectivity index (χ1n) is 5.94. The van der Waals surface area contributed by atoms with Crippen LogP contribution in [0.15, 0.2) is 27.6 Å². The van der Waals surface area contributed by atoms with Gasteiger partial charge in [-0.2, -0.15) is 4.98 Å². The summed E-state index contributed by atoms with van der Waals surface area (Å²) >= 11 is 0. The summed E-state index contributed by atoms with van der Waals surface area (Å²) in [6.45, 7) is 3.19. The van der Waals surface area contributed by atoms with Gasteiger partial charge in [0.15, 0.2) is 5.82 Å². The van der Waals surface area contributed by atoms with Gasteiger partial charge in [0.25, 0.3) is 0 Å². The molecule has 0 atom stereocenters. The summed E-state index contributed by atoms with van der Waals surface area (Å²) in [5.74, 6) is 0.283. The van der Waals surface area contributed by atoms with Crippen molar-refractivity contribution in [1.82, 2.24) is 14.9 Å². The number of nitrogens with zero attached hydrogens (tertiary/aromatic N) is 2. The third-order valence-corrected chi connectivity index (χ3v) is 4.31. The molecule has 1 heterocycles. The van der Waals surface area contributed by atoms with E-state index in [-0.39, 0.29) is 23.4 Å². The van der Waals surface area contributed by atoms with E-state index in [1.165, 1.54) is 25.1 Å². The predicted molar refractivity (Wildman–Crippen MR) is 69.1 cm³/mol. The summed E-state index contributed by atoms with van der Waals surface area (Å²) in [5, 5.41) is 3.60. The van der Waals surface area contributed by atoms with Gasteiger partial charge in [-0.05, 0) is 26.0 Å². The molecule has 0 aliphatic rings. The molecule has 1 aromatic carbocycles. The van der Waals surface area contributed by atoms with Crippen LogP contribution >= 0.6 is 0 Å². The van der Waals surface area contributed by atoms with E-state index in [1.807, 2.05) is 0 Å². The molecule has 108 valence electrons. The second-order valence-electron chi connectivity index (χ2n) is 4.25. The molecule has 0 unspecified atom stereocenters. The Morgan fingerprint density at radius 2 is 2.10 bits per heavy atom. The van der Waals surface area contributed by atoms with Gasteiger partial charge in [0, 0.05) is 18.5 Å². The molecule has 6 nitrogen and oxygen atoms in total. The molecule has 1 N–H and O–H groups in total. The monoisotopic (exact) mass is 299 g/mol. The molecule has 2 rings (SSSR count). The van der Waals surface area contributed by atoms with Gasteiger partial charge in [0.1, 0.15) is 5.82 Å². The molecular formula is C12H14FN3O3S.